The predicted molar refractivity (Wildman–Crippen MR) is 176 cm³/mol. The average molecular weight is 641 g/mol. The van der Waals surface area contributed by atoms with Gasteiger partial charge in [-0.2, -0.15) is 0 Å². The second-order valence-corrected chi connectivity index (χ2v) is 9.84. The zero-order valence-corrected chi connectivity index (χ0v) is 25.1. The molecule has 4 aromatic carbocycles. The number of aromatic carboxylic acids is 4. The Labute approximate surface area is 277 Å². The molecular formula is C38H28N2O8. The lowest BCUT2D eigenvalue weighted by Crippen LogP contribution is -2.23. The summed E-state index contributed by atoms with van der Waals surface area (Å²) in [6, 6.07) is 32.8. The van der Waals surface area contributed by atoms with E-state index in [2.05, 4.69) is 9.97 Å². The lowest BCUT2D eigenvalue weighted by molar-refractivity contribution is -0.256. The Morgan fingerprint density at radius 1 is 0.417 bits per heavy atom. The number of benzene rings is 4. The molecule has 0 amide bonds. The Balaban J connectivity index is 0.000000260. The van der Waals surface area contributed by atoms with E-state index in [0.29, 0.717) is 22.3 Å². The van der Waals surface area contributed by atoms with E-state index in [1.807, 2.05) is 24.3 Å². The van der Waals surface area contributed by atoms with Crippen molar-refractivity contribution in [1.82, 2.24) is 9.97 Å². The molecule has 0 bridgehead atoms. The summed E-state index contributed by atoms with van der Waals surface area (Å²) in [7, 11) is 0. The van der Waals surface area contributed by atoms with Crippen LogP contribution in [-0.4, -0.2) is 44.1 Å². The van der Waals surface area contributed by atoms with Crippen LogP contribution in [-0.2, 0) is 0 Å². The Morgan fingerprint density at radius 2 is 0.667 bits per heavy atom. The highest BCUT2D eigenvalue weighted by atomic mass is 16.4. The van der Waals surface area contributed by atoms with Crippen molar-refractivity contribution in [3.8, 4) is 33.4 Å². The van der Waals surface area contributed by atoms with Crippen LogP contribution >= 0.6 is 0 Å². The van der Waals surface area contributed by atoms with Crippen LogP contribution in [0.3, 0.4) is 0 Å². The molecule has 0 atom stereocenters. The molecule has 238 valence electrons. The molecule has 0 aliphatic heterocycles. The molecule has 6 rings (SSSR count). The summed E-state index contributed by atoms with van der Waals surface area (Å²) >= 11 is 0. The summed E-state index contributed by atoms with van der Waals surface area (Å²) in [4.78, 5) is 52.2. The predicted octanol–water partition coefficient (Wildman–Crippen LogP) is 5.20. The minimum Gasteiger partial charge on any atom is -0.545 e. The zero-order valence-electron chi connectivity index (χ0n) is 27.1. The molecule has 0 aliphatic rings. The van der Waals surface area contributed by atoms with Gasteiger partial charge in [-0.05, 0) is 69.8 Å². The van der Waals surface area contributed by atoms with Crippen LogP contribution in [0.4, 0.5) is 0 Å². The van der Waals surface area contributed by atoms with Crippen LogP contribution in [0.15, 0.2) is 146 Å². The van der Waals surface area contributed by atoms with Crippen molar-refractivity contribution in [2.75, 3.05) is 0 Å². The molecule has 0 radical (unpaired) electrons. The van der Waals surface area contributed by atoms with Gasteiger partial charge in [0.15, 0.2) is 0 Å². The van der Waals surface area contributed by atoms with Crippen molar-refractivity contribution in [3.63, 3.8) is 0 Å². The van der Waals surface area contributed by atoms with Gasteiger partial charge in [0.2, 0.25) is 0 Å². The van der Waals surface area contributed by atoms with Crippen molar-refractivity contribution < 1.29 is 42.5 Å². The van der Waals surface area contributed by atoms with Gasteiger partial charge in [-0.15, -0.1) is 0 Å². The van der Waals surface area contributed by atoms with Crippen molar-refractivity contribution in [3.05, 3.63) is 168 Å². The first-order valence-electron chi connectivity index (χ1n) is 14.3. The van der Waals surface area contributed by atoms with E-state index in [-0.39, 0.29) is 25.1 Å². The fourth-order valence-corrected chi connectivity index (χ4v) is 4.69. The quantitative estimate of drug-likeness (QED) is 0.235. The number of carboxylic acid groups (broad SMARTS) is 4. The maximum absolute atomic E-state index is 11.1. The van der Waals surface area contributed by atoms with E-state index in [1.165, 1.54) is 35.4 Å². The maximum Gasteiger partial charge on any atom is 1.00 e. The van der Waals surface area contributed by atoms with E-state index < -0.39 is 23.9 Å². The molecule has 2 heterocycles. The van der Waals surface area contributed by atoms with Crippen LogP contribution in [0.1, 0.15) is 44.3 Å². The van der Waals surface area contributed by atoms with E-state index in [9.17, 15) is 29.4 Å². The van der Waals surface area contributed by atoms with Gasteiger partial charge in [-0.25, -0.2) is 9.59 Å². The maximum atomic E-state index is 11.1. The summed E-state index contributed by atoms with van der Waals surface area (Å²) in [6.07, 6.45) is 7.15. The Bertz CT molecular complexity index is 1800. The van der Waals surface area contributed by atoms with E-state index in [4.69, 9.17) is 10.2 Å². The second kappa shape index (κ2) is 16.4. The molecule has 0 spiro atoms. The monoisotopic (exact) mass is 640 g/mol. The number of nitrogens with zero attached hydrogens (tertiary/aromatic N) is 2. The number of carbonyl (C=O) groups excluding carboxylic acids is 2. The van der Waals surface area contributed by atoms with E-state index in [0.717, 1.165) is 0 Å². The van der Waals surface area contributed by atoms with E-state index >= 15 is 0 Å². The standard InChI is InChI=1S/2C14H10O4.C10H8N2/c2*15-13(16)11-7-3-1-5-9(11)10-6-2-4-8-12(10)14(17)18;1-5-11-6-2-9(1)10-3-7-12-8-4-10/h2*1-8H,(H,15,16)(H,17,18);1-8H. The molecule has 2 aromatic heterocycles. The van der Waals surface area contributed by atoms with Crippen LogP contribution in [0, 0.1) is 0 Å². The van der Waals surface area contributed by atoms with Gasteiger partial charge >= 0.3 is 14.8 Å². The first-order valence-corrected chi connectivity index (χ1v) is 14.3. The summed E-state index contributed by atoms with van der Waals surface area (Å²) in [6.45, 7) is 0. The number of rotatable bonds is 7. The summed E-state index contributed by atoms with van der Waals surface area (Å²) in [5.41, 5.74) is 3.84. The minimum atomic E-state index is -1.33. The fraction of sp³-hybridized carbons (Fsp3) is 0. The highest BCUT2D eigenvalue weighted by molar-refractivity contribution is 6.02. The van der Waals surface area contributed by atoms with Crippen LogP contribution in [0.25, 0.3) is 33.4 Å². The molecule has 0 unspecified atom stereocenters. The Hall–Kier alpha value is -6.94. The molecule has 0 fully saturated rings. The fourth-order valence-electron chi connectivity index (χ4n) is 4.69. The average Bonchev–Trinajstić information content (AvgIpc) is 3.13. The van der Waals surface area contributed by atoms with Crippen LogP contribution in [0.5, 0.6) is 0 Å². The van der Waals surface area contributed by atoms with Crippen molar-refractivity contribution in [1.29, 1.82) is 0 Å². The molecular weight excluding hydrogens is 612 g/mol. The Morgan fingerprint density at radius 3 is 0.938 bits per heavy atom. The number of carboxylic acids is 4. The molecule has 2 N–H and O–H groups in total. The summed E-state index contributed by atoms with van der Waals surface area (Å²) in [5.74, 6) is -4.85. The molecule has 0 saturated carbocycles. The molecule has 48 heavy (non-hydrogen) atoms. The van der Waals surface area contributed by atoms with Crippen LogP contribution in [0.2, 0.25) is 0 Å². The molecule has 0 saturated heterocycles. The topological polar surface area (TPSA) is 181 Å². The molecule has 0 aliphatic carbocycles. The van der Waals surface area contributed by atoms with Gasteiger partial charge < -0.3 is 30.0 Å². The lowest BCUT2D eigenvalue weighted by atomic mass is 9.95. The smallest absolute Gasteiger partial charge is 0.545 e. The number of aromatic nitrogens is 2. The highest BCUT2D eigenvalue weighted by Crippen LogP contribution is 2.28. The van der Waals surface area contributed by atoms with E-state index in [1.54, 1.807) is 97.6 Å². The highest BCUT2D eigenvalue weighted by Gasteiger charge is 2.15. The van der Waals surface area contributed by atoms with Crippen molar-refractivity contribution in [2.24, 2.45) is 0 Å². The molecule has 6 aromatic rings. The normalized spacial score (nSPS) is 9.92. The SMILES string of the molecule is O=C([O-])c1ccccc1-c1ccccc1C(=O)O.O=C([O-])c1ccccc1-c1ccccc1C(=O)O.[H+].[H+].c1cc(-c2ccncc2)ccn1. The lowest BCUT2D eigenvalue weighted by Gasteiger charge is -2.12. The summed E-state index contributed by atoms with van der Waals surface area (Å²) < 4.78 is 0. The molecule has 10 nitrogen and oxygen atoms in total. The van der Waals surface area contributed by atoms with Gasteiger partial charge in [-0.1, -0.05) is 84.9 Å². The van der Waals surface area contributed by atoms with Crippen molar-refractivity contribution >= 4 is 23.9 Å². The van der Waals surface area contributed by atoms with Gasteiger partial charge in [0.25, 0.3) is 0 Å². The van der Waals surface area contributed by atoms with Gasteiger partial charge in [0, 0.05) is 35.9 Å². The first-order chi connectivity index (χ1) is 23.2. The molecule has 10 heteroatoms. The van der Waals surface area contributed by atoms with Gasteiger partial charge in [0.1, 0.15) is 0 Å². The van der Waals surface area contributed by atoms with Crippen LogP contribution < -0.4 is 10.2 Å². The Kier molecular flexibility index (Phi) is 11.6. The number of pyridine rings is 2. The number of hydrogen-bond acceptors (Lipinski definition) is 8. The van der Waals surface area contributed by atoms with Gasteiger partial charge in [0.05, 0.1) is 23.1 Å². The first kappa shape index (κ1) is 33.9. The summed E-state index contributed by atoms with van der Waals surface area (Å²) in [5, 5.41) is 40.2. The van der Waals surface area contributed by atoms with Crippen molar-refractivity contribution in [2.45, 2.75) is 0 Å². The third-order valence-electron chi connectivity index (χ3n) is 6.88. The number of hydrogen-bond donors (Lipinski definition) is 2. The van der Waals surface area contributed by atoms with Gasteiger partial charge in [-0.3, -0.25) is 9.97 Å². The zero-order chi connectivity index (χ0) is 34.5. The third kappa shape index (κ3) is 8.61. The minimum absolute atomic E-state index is 0. The third-order valence-corrected chi connectivity index (χ3v) is 6.88. The second-order valence-electron chi connectivity index (χ2n) is 9.84. The largest absolute Gasteiger partial charge is 1.00 e. The number of carbonyl (C=O) groups is 4.